The number of hydrogen-bond acceptors (Lipinski definition) is 8. The summed E-state index contributed by atoms with van der Waals surface area (Å²) in [6, 6.07) is 11.5. The lowest BCUT2D eigenvalue weighted by atomic mass is 10.0. The molecule has 2 aliphatic heterocycles. The molecule has 2 heterocycles. The largest absolute Gasteiger partial charge is 0.494 e. The van der Waals surface area contributed by atoms with Gasteiger partial charge in [0.1, 0.15) is 17.8 Å². The van der Waals surface area contributed by atoms with Gasteiger partial charge in [-0.05, 0) is 49.6 Å². The van der Waals surface area contributed by atoms with E-state index in [1.165, 1.54) is 12.0 Å². The third kappa shape index (κ3) is 7.45. The van der Waals surface area contributed by atoms with Crippen molar-refractivity contribution in [3.8, 4) is 5.75 Å². The molecule has 1 amide bonds. The number of amides is 1. The number of halogens is 2. The summed E-state index contributed by atoms with van der Waals surface area (Å²) in [5.41, 5.74) is 2.75. The van der Waals surface area contributed by atoms with E-state index in [0.717, 1.165) is 62.5 Å². The molecule has 11 heteroatoms. The van der Waals surface area contributed by atoms with Gasteiger partial charge in [-0.1, -0.05) is 35.3 Å². The van der Waals surface area contributed by atoms with Crippen molar-refractivity contribution in [3.05, 3.63) is 52.0 Å². The summed E-state index contributed by atoms with van der Waals surface area (Å²) < 4.78 is 15.8. The molecule has 2 aromatic carbocycles. The van der Waals surface area contributed by atoms with Gasteiger partial charge in [0.2, 0.25) is 5.91 Å². The van der Waals surface area contributed by atoms with E-state index >= 15 is 0 Å². The van der Waals surface area contributed by atoms with Gasteiger partial charge in [-0.15, -0.1) is 0 Å². The van der Waals surface area contributed by atoms with Gasteiger partial charge in [0.25, 0.3) is 0 Å². The molecule has 0 atom stereocenters. The van der Waals surface area contributed by atoms with Gasteiger partial charge in [0, 0.05) is 38.7 Å². The zero-order valence-corrected chi connectivity index (χ0v) is 23.1. The second kappa shape index (κ2) is 13.6. The highest BCUT2D eigenvalue weighted by molar-refractivity contribution is 8.09. The first-order valence-corrected chi connectivity index (χ1v) is 13.8. The van der Waals surface area contributed by atoms with E-state index in [0.29, 0.717) is 47.3 Å². The summed E-state index contributed by atoms with van der Waals surface area (Å²) in [5.74, 6) is 0.612. The topological polar surface area (TPSA) is 71.5 Å². The molecule has 0 unspecified atom stereocenters. The van der Waals surface area contributed by atoms with Crippen LogP contribution in [0.25, 0.3) is 0 Å². The van der Waals surface area contributed by atoms with Crippen molar-refractivity contribution in [1.82, 2.24) is 4.90 Å². The van der Waals surface area contributed by atoms with Gasteiger partial charge in [-0.25, -0.2) is 4.79 Å². The van der Waals surface area contributed by atoms with Crippen LogP contribution in [-0.2, 0) is 20.1 Å². The minimum Gasteiger partial charge on any atom is -0.494 e. The number of fused-ring (bicyclic) bond motifs is 1. The van der Waals surface area contributed by atoms with E-state index in [9.17, 15) is 9.59 Å². The Bertz CT molecular complexity index is 1100. The van der Waals surface area contributed by atoms with Gasteiger partial charge in [-0.3, -0.25) is 14.6 Å². The molecule has 2 aliphatic rings. The number of rotatable bonds is 10. The Balaban J connectivity index is 1.20. The third-order valence-corrected chi connectivity index (χ3v) is 7.73. The average molecular weight is 569 g/mol. The lowest BCUT2D eigenvalue weighted by Gasteiger charge is -2.36. The number of piperazine rings is 1. The Morgan fingerprint density at radius 1 is 1.03 bits per heavy atom. The first kappa shape index (κ1) is 27.9. The van der Waals surface area contributed by atoms with Crippen LogP contribution in [0.3, 0.4) is 0 Å². The number of carbonyl (C=O) groups excluding carboxylic acids is 2. The van der Waals surface area contributed by atoms with Gasteiger partial charge in [0.15, 0.2) is 6.73 Å². The van der Waals surface area contributed by atoms with Crippen LogP contribution in [0.1, 0.15) is 24.8 Å². The third-order valence-electron chi connectivity index (χ3n) is 6.50. The summed E-state index contributed by atoms with van der Waals surface area (Å²) in [6.07, 6.45) is 2.98. The fourth-order valence-corrected chi connectivity index (χ4v) is 5.19. The van der Waals surface area contributed by atoms with E-state index in [2.05, 4.69) is 9.80 Å². The lowest BCUT2D eigenvalue weighted by molar-refractivity contribution is -0.119. The van der Waals surface area contributed by atoms with E-state index in [-0.39, 0.29) is 12.6 Å². The SMILES string of the molecule is COSC(=O)OCN1C(=O)CCc2ccc(OCCCCN3CCN(c4cccc(Cl)c4Cl)CC3)cc21. The number of aryl methyl sites for hydroxylation is 1. The number of nitrogens with zero attached hydrogens (tertiary/aromatic N) is 3. The van der Waals surface area contributed by atoms with Crippen molar-refractivity contribution in [2.24, 2.45) is 0 Å². The smallest absolute Gasteiger partial charge is 0.396 e. The van der Waals surface area contributed by atoms with Gasteiger partial charge in [0.05, 0.1) is 35.1 Å². The van der Waals surface area contributed by atoms with Crippen LogP contribution < -0.4 is 14.5 Å². The molecule has 200 valence electrons. The average Bonchev–Trinajstić information content (AvgIpc) is 2.90. The fourth-order valence-electron chi connectivity index (χ4n) is 4.53. The normalized spacial score (nSPS) is 16.0. The Hall–Kier alpha value is -2.17. The van der Waals surface area contributed by atoms with Gasteiger partial charge >= 0.3 is 5.30 Å². The van der Waals surface area contributed by atoms with Crippen LogP contribution in [0.5, 0.6) is 5.75 Å². The van der Waals surface area contributed by atoms with E-state index < -0.39 is 5.30 Å². The fraction of sp³-hybridized carbons (Fsp3) is 0.462. The number of ether oxygens (including phenoxy) is 2. The highest BCUT2D eigenvalue weighted by Gasteiger charge is 2.26. The molecule has 0 bridgehead atoms. The van der Waals surface area contributed by atoms with Crippen LogP contribution in [0.15, 0.2) is 36.4 Å². The monoisotopic (exact) mass is 567 g/mol. The Labute approximate surface area is 231 Å². The number of unbranched alkanes of at least 4 members (excludes halogenated alkanes) is 1. The Morgan fingerprint density at radius 3 is 2.62 bits per heavy atom. The molecule has 2 aromatic rings. The molecule has 0 saturated carbocycles. The van der Waals surface area contributed by atoms with Gasteiger partial charge < -0.3 is 18.6 Å². The van der Waals surface area contributed by atoms with Crippen molar-refractivity contribution in [1.29, 1.82) is 0 Å². The molecule has 37 heavy (non-hydrogen) atoms. The molecule has 0 aliphatic carbocycles. The van der Waals surface area contributed by atoms with Crippen molar-refractivity contribution < 1.29 is 23.2 Å². The number of benzene rings is 2. The first-order valence-electron chi connectivity index (χ1n) is 12.3. The van der Waals surface area contributed by atoms with Crippen LogP contribution in [0.2, 0.25) is 10.0 Å². The summed E-state index contributed by atoms with van der Waals surface area (Å²) in [5, 5.41) is 0.615. The Kier molecular flexibility index (Phi) is 10.2. The molecular weight excluding hydrogens is 537 g/mol. The second-order valence-corrected chi connectivity index (χ2v) is 10.5. The lowest BCUT2D eigenvalue weighted by Crippen LogP contribution is -2.46. The van der Waals surface area contributed by atoms with Crippen LogP contribution in [0, 0.1) is 0 Å². The van der Waals surface area contributed by atoms with E-state index in [1.807, 2.05) is 36.4 Å². The molecule has 4 rings (SSSR count). The van der Waals surface area contributed by atoms with E-state index in [4.69, 9.17) is 36.9 Å². The maximum atomic E-state index is 12.5. The minimum atomic E-state index is -0.593. The molecule has 0 radical (unpaired) electrons. The molecule has 0 N–H and O–H groups in total. The zero-order chi connectivity index (χ0) is 26.2. The molecular formula is C26H31Cl2N3O5S. The summed E-state index contributed by atoms with van der Waals surface area (Å²) in [4.78, 5) is 30.3. The Morgan fingerprint density at radius 2 is 1.84 bits per heavy atom. The highest BCUT2D eigenvalue weighted by atomic mass is 35.5. The highest BCUT2D eigenvalue weighted by Crippen LogP contribution is 2.33. The van der Waals surface area contributed by atoms with Crippen molar-refractivity contribution in [2.45, 2.75) is 25.7 Å². The standard InChI is InChI=1S/C26H31Cl2N3O5S/c1-34-37-26(33)36-18-31-23-17-20(9-7-19(23)8-10-24(31)32)35-16-3-2-11-29-12-14-30(15-13-29)22-6-4-5-21(27)25(22)28/h4-7,9,17H,2-3,8,10-16,18H2,1H3. The first-order chi connectivity index (χ1) is 18.0. The summed E-state index contributed by atoms with van der Waals surface area (Å²) in [6.45, 7) is 5.24. The quantitative estimate of drug-likeness (QED) is 0.207. The number of anilines is 2. The van der Waals surface area contributed by atoms with Gasteiger partial charge in [-0.2, -0.15) is 0 Å². The summed E-state index contributed by atoms with van der Waals surface area (Å²) >= 11 is 13.1. The zero-order valence-electron chi connectivity index (χ0n) is 20.8. The second-order valence-electron chi connectivity index (χ2n) is 8.84. The number of hydrogen-bond donors (Lipinski definition) is 0. The van der Waals surface area contributed by atoms with Crippen LogP contribution >= 0.6 is 35.2 Å². The molecule has 0 aromatic heterocycles. The molecule has 0 spiro atoms. The molecule has 1 saturated heterocycles. The van der Waals surface area contributed by atoms with Crippen LogP contribution in [0.4, 0.5) is 16.2 Å². The maximum Gasteiger partial charge on any atom is 0.396 e. The van der Waals surface area contributed by atoms with Crippen molar-refractivity contribution in [3.63, 3.8) is 0 Å². The van der Waals surface area contributed by atoms with E-state index in [1.54, 1.807) is 0 Å². The number of carbonyl (C=O) groups is 2. The van der Waals surface area contributed by atoms with Crippen LogP contribution in [-0.4, -0.2) is 69.3 Å². The molecule has 8 nitrogen and oxygen atoms in total. The summed E-state index contributed by atoms with van der Waals surface area (Å²) in [7, 11) is 1.38. The van der Waals surface area contributed by atoms with Crippen molar-refractivity contribution >= 4 is 57.8 Å². The molecule has 1 fully saturated rings. The maximum absolute atomic E-state index is 12.5. The minimum absolute atomic E-state index is 0.0856. The van der Waals surface area contributed by atoms with Crippen molar-refractivity contribution in [2.75, 3.05) is 63.0 Å². The predicted molar refractivity (Wildman–Crippen MR) is 148 cm³/mol. The predicted octanol–water partition coefficient (Wildman–Crippen LogP) is 5.64.